The van der Waals surface area contributed by atoms with Crippen molar-refractivity contribution in [2.75, 3.05) is 32.7 Å². The molecule has 112 valence electrons. The summed E-state index contributed by atoms with van der Waals surface area (Å²) in [5.74, 6) is 0.818. The van der Waals surface area contributed by atoms with Gasteiger partial charge in [0.25, 0.3) is 6.47 Å². The highest BCUT2D eigenvalue weighted by atomic mass is 16.5. The van der Waals surface area contributed by atoms with Crippen molar-refractivity contribution in [3.8, 4) is 0 Å². The van der Waals surface area contributed by atoms with Gasteiger partial charge in [-0.25, -0.2) is 0 Å². The molecule has 2 rings (SSSR count). The summed E-state index contributed by atoms with van der Waals surface area (Å²) in [7, 11) is 0. The van der Waals surface area contributed by atoms with E-state index in [9.17, 15) is 4.79 Å². The smallest absolute Gasteiger partial charge is 0.293 e. The van der Waals surface area contributed by atoms with Crippen molar-refractivity contribution in [2.24, 2.45) is 5.92 Å². The molecule has 0 aromatic heterocycles. The Morgan fingerprint density at radius 3 is 2.45 bits per heavy atom. The Bertz CT molecular complexity index is 349. The third-order valence-electron chi connectivity index (χ3n) is 2.99. The minimum atomic E-state index is 0.365. The van der Waals surface area contributed by atoms with E-state index in [-0.39, 0.29) is 0 Å². The molecular weight excluding hydrogens is 252 g/mol. The summed E-state index contributed by atoms with van der Waals surface area (Å²) in [6.07, 6.45) is 0. The van der Waals surface area contributed by atoms with Crippen LogP contribution in [-0.4, -0.2) is 44.1 Å². The standard InChI is InChI=1S/C8H18N2.C8H8O2/c1-8(2)7-10-5-3-9-4-6-10;9-7-10-6-8-4-2-1-3-5-8/h8-9H,3-7H2,1-2H3;1-5,7H,6H2. The molecule has 0 spiro atoms. The van der Waals surface area contributed by atoms with Crippen LogP contribution in [0.3, 0.4) is 0 Å². The maximum atomic E-state index is 9.76. The van der Waals surface area contributed by atoms with E-state index in [1.165, 1.54) is 32.7 Å². The molecule has 4 nitrogen and oxygen atoms in total. The first-order chi connectivity index (χ1) is 9.72. The predicted molar refractivity (Wildman–Crippen MR) is 81.4 cm³/mol. The van der Waals surface area contributed by atoms with Gasteiger partial charge in [-0.1, -0.05) is 44.2 Å². The largest absolute Gasteiger partial charge is 0.463 e. The Morgan fingerprint density at radius 2 is 1.90 bits per heavy atom. The molecular formula is C16H26N2O2. The molecule has 0 bridgehead atoms. The molecule has 0 amide bonds. The Labute approximate surface area is 122 Å². The van der Waals surface area contributed by atoms with Gasteiger partial charge in [0.1, 0.15) is 6.61 Å². The van der Waals surface area contributed by atoms with Crippen molar-refractivity contribution in [3.63, 3.8) is 0 Å². The third-order valence-corrected chi connectivity index (χ3v) is 2.99. The van der Waals surface area contributed by atoms with Crippen molar-refractivity contribution >= 4 is 6.47 Å². The SMILES string of the molecule is CC(C)CN1CCNCC1.O=COCc1ccccc1. The fraction of sp³-hybridized carbons (Fsp3) is 0.562. The first kappa shape index (κ1) is 16.7. The molecule has 1 N–H and O–H groups in total. The van der Waals surface area contributed by atoms with E-state index < -0.39 is 0 Å². The van der Waals surface area contributed by atoms with Gasteiger partial charge in [0.15, 0.2) is 0 Å². The number of nitrogens with zero attached hydrogens (tertiary/aromatic N) is 1. The minimum absolute atomic E-state index is 0.365. The van der Waals surface area contributed by atoms with Gasteiger partial charge in [0, 0.05) is 32.7 Å². The van der Waals surface area contributed by atoms with Crippen LogP contribution in [0, 0.1) is 5.92 Å². The molecule has 0 radical (unpaired) electrons. The highest BCUT2D eigenvalue weighted by Gasteiger charge is 2.09. The number of benzene rings is 1. The van der Waals surface area contributed by atoms with Crippen molar-refractivity contribution in [1.82, 2.24) is 10.2 Å². The van der Waals surface area contributed by atoms with E-state index >= 15 is 0 Å². The lowest BCUT2D eigenvalue weighted by Crippen LogP contribution is -2.44. The lowest BCUT2D eigenvalue weighted by molar-refractivity contribution is -0.129. The normalized spacial score (nSPS) is 15.3. The first-order valence-corrected chi connectivity index (χ1v) is 7.24. The average Bonchev–Trinajstić information content (AvgIpc) is 2.47. The topological polar surface area (TPSA) is 41.6 Å². The van der Waals surface area contributed by atoms with Crippen molar-refractivity contribution < 1.29 is 9.53 Å². The third kappa shape index (κ3) is 7.92. The molecule has 1 aromatic carbocycles. The summed E-state index contributed by atoms with van der Waals surface area (Å²) in [4.78, 5) is 12.3. The molecule has 1 aliphatic rings. The second kappa shape index (κ2) is 10.4. The van der Waals surface area contributed by atoms with Crippen LogP contribution in [0.1, 0.15) is 19.4 Å². The number of hydrogen-bond donors (Lipinski definition) is 1. The number of ether oxygens (including phenoxy) is 1. The fourth-order valence-electron chi connectivity index (χ4n) is 2.11. The van der Waals surface area contributed by atoms with Crippen LogP contribution in [0.2, 0.25) is 0 Å². The summed E-state index contributed by atoms with van der Waals surface area (Å²) in [6.45, 7) is 11.5. The molecule has 0 aliphatic carbocycles. The Kier molecular flexibility index (Phi) is 8.67. The number of nitrogens with one attached hydrogen (secondary N) is 1. The monoisotopic (exact) mass is 278 g/mol. The molecule has 20 heavy (non-hydrogen) atoms. The van der Waals surface area contributed by atoms with Crippen LogP contribution in [0.5, 0.6) is 0 Å². The van der Waals surface area contributed by atoms with Gasteiger partial charge in [-0.3, -0.25) is 4.79 Å². The van der Waals surface area contributed by atoms with E-state index in [1.54, 1.807) is 0 Å². The minimum Gasteiger partial charge on any atom is -0.463 e. The zero-order chi connectivity index (χ0) is 14.6. The van der Waals surface area contributed by atoms with Crippen LogP contribution >= 0.6 is 0 Å². The Morgan fingerprint density at radius 1 is 1.25 bits per heavy atom. The fourth-order valence-corrected chi connectivity index (χ4v) is 2.11. The molecule has 1 fully saturated rings. The summed E-state index contributed by atoms with van der Waals surface area (Å²) in [5, 5.41) is 3.35. The van der Waals surface area contributed by atoms with Gasteiger partial charge in [0.2, 0.25) is 0 Å². The number of piperazine rings is 1. The van der Waals surface area contributed by atoms with Gasteiger partial charge in [-0.05, 0) is 11.5 Å². The molecule has 1 aromatic rings. The van der Waals surface area contributed by atoms with E-state index in [2.05, 4.69) is 28.8 Å². The zero-order valence-electron chi connectivity index (χ0n) is 12.5. The van der Waals surface area contributed by atoms with Gasteiger partial charge in [-0.15, -0.1) is 0 Å². The highest BCUT2D eigenvalue weighted by molar-refractivity contribution is 5.37. The van der Waals surface area contributed by atoms with Crippen molar-refractivity contribution in [1.29, 1.82) is 0 Å². The van der Waals surface area contributed by atoms with Crippen LogP contribution in [0.4, 0.5) is 0 Å². The number of hydrogen-bond acceptors (Lipinski definition) is 4. The van der Waals surface area contributed by atoms with Gasteiger partial charge < -0.3 is 15.0 Å². The second-order valence-electron chi connectivity index (χ2n) is 5.34. The van der Waals surface area contributed by atoms with E-state index in [4.69, 9.17) is 0 Å². The van der Waals surface area contributed by atoms with Gasteiger partial charge >= 0.3 is 0 Å². The average molecular weight is 278 g/mol. The predicted octanol–water partition coefficient (Wildman–Crippen LogP) is 1.91. The zero-order valence-corrected chi connectivity index (χ0v) is 12.5. The molecule has 1 heterocycles. The summed E-state index contributed by atoms with van der Waals surface area (Å²) in [5.41, 5.74) is 1.01. The molecule has 0 saturated carbocycles. The van der Waals surface area contributed by atoms with Crippen LogP contribution in [0.15, 0.2) is 30.3 Å². The summed E-state index contributed by atoms with van der Waals surface area (Å²) < 4.78 is 4.54. The van der Waals surface area contributed by atoms with E-state index in [0.717, 1.165) is 11.5 Å². The maximum absolute atomic E-state index is 9.76. The Hall–Kier alpha value is -1.39. The van der Waals surface area contributed by atoms with Gasteiger partial charge in [0.05, 0.1) is 0 Å². The van der Waals surface area contributed by atoms with Gasteiger partial charge in [-0.2, -0.15) is 0 Å². The first-order valence-electron chi connectivity index (χ1n) is 7.24. The summed E-state index contributed by atoms with van der Waals surface area (Å²) in [6, 6.07) is 9.55. The van der Waals surface area contributed by atoms with E-state index in [1.807, 2.05) is 30.3 Å². The van der Waals surface area contributed by atoms with Crippen molar-refractivity contribution in [2.45, 2.75) is 20.5 Å². The molecule has 4 heteroatoms. The van der Waals surface area contributed by atoms with E-state index in [0.29, 0.717) is 13.1 Å². The second-order valence-corrected chi connectivity index (χ2v) is 5.34. The Balaban J connectivity index is 0.000000200. The lowest BCUT2D eigenvalue weighted by atomic mass is 10.2. The number of rotatable bonds is 5. The van der Waals surface area contributed by atoms with Crippen molar-refractivity contribution in [3.05, 3.63) is 35.9 Å². The number of carbonyl (C=O) groups excluding carboxylic acids is 1. The van der Waals surface area contributed by atoms with Crippen LogP contribution in [-0.2, 0) is 16.1 Å². The highest BCUT2D eigenvalue weighted by Crippen LogP contribution is 1.99. The van der Waals surface area contributed by atoms with Crippen LogP contribution in [0.25, 0.3) is 0 Å². The summed E-state index contributed by atoms with van der Waals surface area (Å²) >= 11 is 0. The molecule has 0 unspecified atom stereocenters. The quantitative estimate of drug-likeness (QED) is 0.835. The maximum Gasteiger partial charge on any atom is 0.293 e. The lowest BCUT2D eigenvalue weighted by Gasteiger charge is -2.28. The molecule has 1 aliphatic heterocycles. The molecule has 0 atom stereocenters. The van der Waals surface area contributed by atoms with Crippen LogP contribution < -0.4 is 5.32 Å². The number of carbonyl (C=O) groups is 1. The molecule has 1 saturated heterocycles.